The molecule has 0 saturated heterocycles. The number of hydrogen-bond acceptors (Lipinski definition) is 1. The number of hydrogen-bond donors (Lipinski definition) is 1. The summed E-state index contributed by atoms with van der Waals surface area (Å²) < 4.78 is -1.40. The molecule has 2 nitrogen and oxygen atoms in total. The van der Waals surface area contributed by atoms with Gasteiger partial charge in [-0.1, -0.05) is 34.8 Å². The van der Waals surface area contributed by atoms with E-state index in [1.165, 1.54) is 6.20 Å². The minimum Gasteiger partial charge on any atom is -0.329 e. The number of halogens is 3. The van der Waals surface area contributed by atoms with E-state index in [0.717, 1.165) is 0 Å². The van der Waals surface area contributed by atoms with E-state index in [9.17, 15) is 4.79 Å². The summed E-state index contributed by atoms with van der Waals surface area (Å²) >= 11 is 16.6. The van der Waals surface area contributed by atoms with Gasteiger partial charge >= 0.3 is 0 Å². The summed E-state index contributed by atoms with van der Waals surface area (Å²) in [7, 11) is 0. The van der Waals surface area contributed by atoms with Crippen LogP contribution in [0.2, 0.25) is 0 Å². The van der Waals surface area contributed by atoms with Gasteiger partial charge < -0.3 is 5.32 Å². The molecule has 0 atom stereocenters. The Bertz CT molecular complexity index is 199. The van der Waals surface area contributed by atoms with Crippen LogP contribution in [0.25, 0.3) is 0 Å². The quantitative estimate of drug-likeness (QED) is 0.593. The first kappa shape index (κ1) is 8.18. The first-order valence-corrected chi connectivity index (χ1v) is 3.69. The Labute approximate surface area is 73.1 Å². The van der Waals surface area contributed by atoms with Crippen LogP contribution in [0, 0.1) is 0 Å². The van der Waals surface area contributed by atoms with Crippen LogP contribution in [0.3, 0.4) is 0 Å². The van der Waals surface area contributed by atoms with Crippen molar-refractivity contribution in [2.24, 2.45) is 0 Å². The van der Waals surface area contributed by atoms with Crippen molar-refractivity contribution in [2.75, 3.05) is 0 Å². The van der Waals surface area contributed by atoms with Crippen LogP contribution in [0.5, 0.6) is 0 Å². The van der Waals surface area contributed by atoms with Crippen molar-refractivity contribution in [3.8, 4) is 0 Å². The Balaban J connectivity index is 2.82. The molecule has 1 heterocycles. The molecule has 0 aromatic heterocycles. The van der Waals surface area contributed by atoms with Gasteiger partial charge in [-0.3, -0.25) is 4.79 Å². The molecule has 0 aromatic rings. The van der Waals surface area contributed by atoms with Gasteiger partial charge in [0.05, 0.1) is 0 Å². The van der Waals surface area contributed by atoms with Crippen LogP contribution in [-0.2, 0) is 4.79 Å². The van der Waals surface area contributed by atoms with Gasteiger partial charge in [-0.25, -0.2) is 0 Å². The van der Waals surface area contributed by atoms with E-state index in [1.54, 1.807) is 0 Å². The second-order valence-electron chi connectivity index (χ2n) is 1.95. The number of allylic oxidation sites excluding steroid dienone is 1. The minimum atomic E-state index is -1.40. The van der Waals surface area contributed by atoms with E-state index in [-0.39, 0.29) is 6.42 Å². The van der Waals surface area contributed by atoms with Gasteiger partial charge in [0, 0.05) is 17.7 Å². The topological polar surface area (TPSA) is 29.1 Å². The van der Waals surface area contributed by atoms with Crippen molar-refractivity contribution in [1.29, 1.82) is 0 Å². The summed E-state index contributed by atoms with van der Waals surface area (Å²) in [5.74, 6) is -0.430. The summed E-state index contributed by atoms with van der Waals surface area (Å²) in [4.78, 5) is 10.8. The molecule has 0 unspecified atom stereocenters. The summed E-state index contributed by atoms with van der Waals surface area (Å²) in [5, 5.41) is 2.77. The maximum absolute atomic E-state index is 10.8. The minimum absolute atomic E-state index is 0.170. The Hall–Kier alpha value is 0.0800. The zero-order valence-electron chi connectivity index (χ0n) is 4.83. The van der Waals surface area contributed by atoms with Crippen molar-refractivity contribution >= 4 is 40.7 Å². The lowest BCUT2D eigenvalue weighted by molar-refractivity contribution is -0.121. The molecule has 0 aromatic carbocycles. The number of carbonyl (C=O) groups excluding carboxylic acids is 1. The molecule has 1 rings (SSSR count). The molecule has 0 aliphatic carbocycles. The Morgan fingerprint density at radius 1 is 1.60 bits per heavy atom. The molecular weight excluding hydrogens is 196 g/mol. The number of alkyl halides is 2. The maximum atomic E-state index is 10.8. The second kappa shape index (κ2) is 2.61. The number of rotatable bonds is 0. The molecule has 56 valence electrons. The van der Waals surface area contributed by atoms with Crippen molar-refractivity contribution < 1.29 is 4.79 Å². The molecule has 0 spiro atoms. The average molecular weight is 200 g/mol. The monoisotopic (exact) mass is 199 g/mol. The fraction of sp³-hybridized carbons (Fsp3) is 0.400. The van der Waals surface area contributed by atoms with E-state index in [0.29, 0.717) is 5.03 Å². The molecule has 1 amide bonds. The van der Waals surface area contributed by atoms with Crippen molar-refractivity contribution in [3.63, 3.8) is 0 Å². The van der Waals surface area contributed by atoms with Crippen LogP contribution in [-0.4, -0.2) is 10.2 Å². The molecule has 1 aliphatic rings. The van der Waals surface area contributed by atoms with E-state index in [4.69, 9.17) is 34.8 Å². The molecule has 0 fully saturated rings. The van der Waals surface area contributed by atoms with Gasteiger partial charge in [0.15, 0.2) is 0 Å². The Kier molecular flexibility index (Phi) is 2.13. The van der Waals surface area contributed by atoms with Gasteiger partial charge in [0.2, 0.25) is 4.33 Å². The molecule has 10 heavy (non-hydrogen) atoms. The van der Waals surface area contributed by atoms with Gasteiger partial charge in [-0.05, 0) is 0 Å². The molecule has 1 N–H and O–H groups in total. The van der Waals surface area contributed by atoms with Crippen LogP contribution < -0.4 is 5.32 Å². The molecular formula is C5H4Cl3NO. The highest BCUT2D eigenvalue weighted by molar-refractivity contribution is 6.59. The fourth-order valence-electron chi connectivity index (χ4n) is 0.593. The van der Waals surface area contributed by atoms with Crippen LogP contribution in [0.4, 0.5) is 0 Å². The van der Waals surface area contributed by atoms with E-state index in [2.05, 4.69) is 5.32 Å². The van der Waals surface area contributed by atoms with Gasteiger partial charge in [0.25, 0.3) is 5.91 Å². The molecule has 0 saturated carbocycles. The molecule has 5 heteroatoms. The van der Waals surface area contributed by atoms with Crippen LogP contribution in [0.1, 0.15) is 6.42 Å². The lowest BCUT2D eigenvalue weighted by atomic mass is 10.2. The smallest absolute Gasteiger partial charge is 0.260 e. The molecule has 0 bridgehead atoms. The number of carbonyl (C=O) groups is 1. The van der Waals surface area contributed by atoms with Gasteiger partial charge in [0.1, 0.15) is 0 Å². The van der Waals surface area contributed by atoms with Crippen molar-refractivity contribution in [2.45, 2.75) is 10.8 Å². The Morgan fingerprint density at radius 3 is 2.60 bits per heavy atom. The average Bonchev–Trinajstić information content (AvgIpc) is 1.78. The largest absolute Gasteiger partial charge is 0.329 e. The maximum Gasteiger partial charge on any atom is 0.260 e. The highest BCUT2D eigenvalue weighted by atomic mass is 35.5. The lowest BCUT2D eigenvalue weighted by Gasteiger charge is -2.21. The zero-order chi connectivity index (χ0) is 7.78. The number of amides is 1. The third kappa shape index (κ3) is 1.57. The van der Waals surface area contributed by atoms with Crippen LogP contribution >= 0.6 is 34.8 Å². The predicted molar refractivity (Wildman–Crippen MR) is 41.1 cm³/mol. The van der Waals surface area contributed by atoms with E-state index >= 15 is 0 Å². The van der Waals surface area contributed by atoms with Gasteiger partial charge in [-0.15, -0.1) is 0 Å². The molecule has 1 aliphatic heterocycles. The summed E-state index contributed by atoms with van der Waals surface area (Å²) in [6.45, 7) is 0. The third-order valence-corrected chi connectivity index (χ3v) is 1.94. The fourth-order valence-corrected chi connectivity index (χ4v) is 1.38. The normalized spacial score (nSPS) is 23.5. The van der Waals surface area contributed by atoms with E-state index in [1.807, 2.05) is 0 Å². The SMILES string of the molecule is O=C1NC=C(Cl)CC1(Cl)Cl. The van der Waals surface area contributed by atoms with Crippen LogP contribution in [0.15, 0.2) is 11.2 Å². The van der Waals surface area contributed by atoms with E-state index < -0.39 is 10.2 Å². The standard InChI is InChI=1S/C5H4Cl3NO/c6-3-1-5(7,8)4(10)9-2-3/h2H,1H2,(H,9,10). The summed E-state index contributed by atoms with van der Waals surface area (Å²) in [6.07, 6.45) is 1.55. The van der Waals surface area contributed by atoms with Gasteiger partial charge in [-0.2, -0.15) is 0 Å². The first-order valence-electron chi connectivity index (χ1n) is 2.56. The second-order valence-corrected chi connectivity index (χ2v) is 3.92. The first-order chi connectivity index (χ1) is 4.52. The predicted octanol–water partition coefficient (Wildman–Crippen LogP) is 1.76. The highest BCUT2D eigenvalue weighted by Crippen LogP contribution is 2.32. The van der Waals surface area contributed by atoms with Crippen molar-refractivity contribution in [3.05, 3.63) is 11.2 Å². The highest BCUT2D eigenvalue weighted by Gasteiger charge is 2.36. The summed E-state index contributed by atoms with van der Waals surface area (Å²) in [6, 6.07) is 0. The lowest BCUT2D eigenvalue weighted by Crippen LogP contribution is -2.38. The zero-order valence-corrected chi connectivity index (χ0v) is 7.09. The Morgan fingerprint density at radius 2 is 2.20 bits per heavy atom. The molecule has 0 radical (unpaired) electrons. The third-order valence-electron chi connectivity index (χ3n) is 1.08. The summed E-state index contributed by atoms with van der Waals surface area (Å²) in [5.41, 5.74) is 0. The van der Waals surface area contributed by atoms with Crippen molar-refractivity contribution in [1.82, 2.24) is 5.32 Å². The number of nitrogens with one attached hydrogen (secondary N) is 1.